The summed E-state index contributed by atoms with van der Waals surface area (Å²) in [5, 5.41) is 10.1. The second-order valence-electron chi connectivity index (χ2n) is 11.1. The van der Waals surface area contributed by atoms with E-state index in [2.05, 4.69) is 16.6 Å². The number of pyridine rings is 2. The van der Waals surface area contributed by atoms with E-state index in [9.17, 15) is 23.6 Å². The molecule has 3 aromatic rings. The summed E-state index contributed by atoms with van der Waals surface area (Å²) in [5.41, 5.74) is 2.02. The molecule has 4 heterocycles. The van der Waals surface area contributed by atoms with Crippen LogP contribution in [0.3, 0.4) is 0 Å². The minimum absolute atomic E-state index is 0.124. The molecule has 1 fully saturated rings. The Kier molecular flexibility index (Phi) is 8.46. The van der Waals surface area contributed by atoms with Gasteiger partial charge >= 0.3 is 0 Å². The normalized spacial score (nSPS) is 18.4. The maximum absolute atomic E-state index is 15.3. The third-order valence-corrected chi connectivity index (χ3v) is 8.41. The van der Waals surface area contributed by atoms with Gasteiger partial charge in [-0.05, 0) is 18.1 Å². The van der Waals surface area contributed by atoms with Gasteiger partial charge in [0.15, 0.2) is 23.3 Å². The molecule has 0 spiro atoms. The lowest BCUT2D eigenvalue weighted by atomic mass is 9.88. The van der Waals surface area contributed by atoms with Crippen molar-refractivity contribution in [3.63, 3.8) is 0 Å². The van der Waals surface area contributed by atoms with Gasteiger partial charge in [-0.2, -0.15) is 5.26 Å². The van der Waals surface area contributed by atoms with E-state index < -0.39 is 51.8 Å². The molecule has 0 unspecified atom stereocenters. The lowest BCUT2D eigenvalue weighted by Gasteiger charge is -2.37. The van der Waals surface area contributed by atoms with Gasteiger partial charge in [0.25, 0.3) is 5.56 Å². The lowest BCUT2D eigenvalue weighted by Crippen LogP contribution is -2.49. The standard InChI is InChI=1S/C31H28ClF4N7O2/c1-5-19(44)41-8-10-42(11-9-41)29-16-12-18(32)27(20-21(33)23(35)24(36)25(38)22(20)34)40-30(16)43(31(45)17(29)13-37)28-15(4)6-7-39-26(28)14(2)3/h5-7,12,14-15,28H,1,8-11,38H2,2-4H3/t15-,28-/m1/s1. The number of anilines is 2. The quantitative estimate of drug-likeness (QED) is 0.132. The summed E-state index contributed by atoms with van der Waals surface area (Å²) in [6.07, 6.45) is 4.56. The van der Waals surface area contributed by atoms with Crippen LogP contribution < -0.4 is 16.2 Å². The van der Waals surface area contributed by atoms with E-state index in [1.54, 1.807) is 22.1 Å². The number of nitrogens with two attached hydrogens (primary N) is 1. The Balaban J connectivity index is 1.88. The molecule has 0 aliphatic carbocycles. The van der Waals surface area contributed by atoms with Gasteiger partial charge in [0, 0.05) is 49.4 Å². The smallest absolute Gasteiger partial charge is 0.272 e. The van der Waals surface area contributed by atoms with E-state index in [0.717, 1.165) is 0 Å². The molecule has 2 atom stereocenters. The number of nitriles is 1. The number of aliphatic imine (C=N–C) groups is 1. The van der Waals surface area contributed by atoms with Crippen molar-refractivity contribution in [1.82, 2.24) is 14.5 Å². The van der Waals surface area contributed by atoms with Crippen molar-refractivity contribution in [2.75, 3.05) is 36.8 Å². The number of fused-ring (bicyclic) bond motifs is 1. The summed E-state index contributed by atoms with van der Waals surface area (Å²) in [6, 6.07) is 2.51. The number of benzene rings is 1. The van der Waals surface area contributed by atoms with Crippen molar-refractivity contribution in [3.05, 3.63) is 75.2 Å². The van der Waals surface area contributed by atoms with Crippen LogP contribution in [0, 0.1) is 46.4 Å². The van der Waals surface area contributed by atoms with Crippen molar-refractivity contribution in [3.8, 4) is 17.3 Å². The molecule has 1 saturated heterocycles. The number of carbonyl (C=O) groups is 1. The molecular weight excluding hydrogens is 614 g/mol. The van der Waals surface area contributed by atoms with E-state index in [1.165, 1.54) is 16.7 Å². The maximum Gasteiger partial charge on any atom is 0.272 e. The van der Waals surface area contributed by atoms with Gasteiger partial charge < -0.3 is 15.5 Å². The van der Waals surface area contributed by atoms with Crippen LogP contribution >= 0.6 is 11.6 Å². The number of rotatable bonds is 5. The number of nitrogens with zero attached hydrogens (tertiary/aromatic N) is 6. The zero-order valence-corrected chi connectivity index (χ0v) is 25.3. The van der Waals surface area contributed by atoms with Crippen molar-refractivity contribution in [2.45, 2.75) is 26.8 Å². The van der Waals surface area contributed by atoms with E-state index in [-0.39, 0.29) is 71.2 Å². The summed E-state index contributed by atoms with van der Waals surface area (Å²) in [5.74, 6) is -8.25. The van der Waals surface area contributed by atoms with Gasteiger partial charge in [0.2, 0.25) is 5.91 Å². The highest BCUT2D eigenvalue weighted by molar-refractivity contribution is 6.34. The monoisotopic (exact) mass is 641 g/mol. The molecule has 45 heavy (non-hydrogen) atoms. The number of allylic oxidation sites excluding steroid dienone is 1. The first kappa shape index (κ1) is 31.7. The fraction of sp³-hybridized carbons (Fsp3) is 0.323. The predicted octanol–water partition coefficient (Wildman–Crippen LogP) is 5.36. The van der Waals surface area contributed by atoms with E-state index in [4.69, 9.17) is 17.3 Å². The minimum atomic E-state index is -2.02. The second-order valence-corrected chi connectivity index (χ2v) is 11.5. The van der Waals surface area contributed by atoms with Crippen LogP contribution in [0.15, 0.2) is 40.8 Å². The first-order valence-corrected chi connectivity index (χ1v) is 14.4. The van der Waals surface area contributed by atoms with Gasteiger partial charge in [-0.3, -0.25) is 19.1 Å². The average molecular weight is 642 g/mol. The van der Waals surface area contributed by atoms with Crippen molar-refractivity contribution in [2.24, 2.45) is 16.8 Å². The van der Waals surface area contributed by atoms with Gasteiger partial charge in [-0.1, -0.05) is 45.0 Å². The molecule has 2 aliphatic rings. The summed E-state index contributed by atoms with van der Waals surface area (Å²) in [4.78, 5) is 38.8. The molecule has 1 amide bonds. The Morgan fingerprint density at radius 1 is 1.16 bits per heavy atom. The lowest BCUT2D eigenvalue weighted by molar-refractivity contribution is -0.126. The van der Waals surface area contributed by atoms with E-state index in [1.807, 2.05) is 26.8 Å². The number of hydrogen-bond donors (Lipinski definition) is 1. The van der Waals surface area contributed by atoms with Crippen LogP contribution in [0.4, 0.5) is 28.9 Å². The van der Waals surface area contributed by atoms with Crippen LogP contribution in [0.5, 0.6) is 0 Å². The van der Waals surface area contributed by atoms with Crippen molar-refractivity contribution in [1.29, 1.82) is 5.26 Å². The zero-order chi connectivity index (χ0) is 32.9. The molecule has 9 nitrogen and oxygen atoms in total. The number of carbonyl (C=O) groups excluding carboxylic acids is 1. The predicted molar refractivity (Wildman–Crippen MR) is 164 cm³/mol. The van der Waals surface area contributed by atoms with Gasteiger partial charge in [0.05, 0.1) is 28.0 Å². The minimum Gasteiger partial charge on any atom is -0.394 e. The van der Waals surface area contributed by atoms with Gasteiger partial charge in [0.1, 0.15) is 23.0 Å². The summed E-state index contributed by atoms with van der Waals surface area (Å²) in [6.45, 7) is 10.0. The third-order valence-electron chi connectivity index (χ3n) is 8.12. The Labute approximate surface area is 260 Å². The third kappa shape index (κ3) is 5.12. The molecule has 14 heteroatoms. The summed E-state index contributed by atoms with van der Waals surface area (Å²) < 4.78 is 60.3. The van der Waals surface area contributed by atoms with Crippen LogP contribution in [0.25, 0.3) is 22.3 Å². The largest absolute Gasteiger partial charge is 0.394 e. The van der Waals surface area contributed by atoms with Crippen LogP contribution in [0.1, 0.15) is 32.4 Å². The molecule has 234 valence electrons. The summed E-state index contributed by atoms with van der Waals surface area (Å²) >= 11 is 6.56. The highest BCUT2D eigenvalue weighted by atomic mass is 35.5. The molecule has 2 aliphatic heterocycles. The molecule has 0 saturated carbocycles. The zero-order valence-electron chi connectivity index (χ0n) is 24.5. The van der Waals surface area contributed by atoms with Crippen molar-refractivity contribution < 1.29 is 22.4 Å². The van der Waals surface area contributed by atoms with Crippen molar-refractivity contribution >= 4 is 45.6 Å². The first-order chi connectivity index (χ1) is 21.3. The topological polar surface area (TPSA) is 121 Å². The molecule has 0 bridgehead atoms. The number of aromatic nitrogens is 2. The fourth-order valence-electron chi connectivity index (χ4n) is 5.87. The average Bonchev–Trinajstić information content (AvgIpc) is 3.02. The molecule has 5 rings (SSSR count). The highest BCUT2D eigenvalue weighted by Gasteiger charge is 2.35. The molecular formula is C31H28ClF4N7O2. The fourth-order valence-corrected chi connectivity index (χ4v) is 6.11. The Morgan fingerprint density at radius 2 is 1.82 bits per heavy atom. The van der Waals surface area contributed by atoms with Crippen LogP contribution in [0.2, 0.25) is 5.02 Å². The van der Waals surface area contributed by atoms with Crippen LogP contribution in [-0.2, 0) is 4.79 Å². The Morgan fingerprint density at radius 3 is 2.42 bits per heavy atom. The number of hydrogen-bond acceptors (Lipinski definition) is 7. The Hall–Kier alpha value is -4.70. The molecule has 1 aromatic carbocycles. The number of halogens is 5. The van der Waals surface area contributed by atoms with Gasteiger partial charge in [-0.15, -0.1) is 0 Å². The molecule has 2 aromatic heterocycles. The van der Waals surface area contributed by atoms with E-state index in [0.29, 0.717) is 5.71 Å². The SMILES string of the molecule is C=CC(=O)N1CCN(c2c(C#N)c(=O)n([C@H]3C(C(C)C)=NC=C[C@H]3C)c3nc(-c4c(F)c(N)c(F)c(F)c4F)c(Cl)cc23)CC1. The maximum atomic E-state index is 15.3. The molecule has 2 N–H and O–H groups in total. The first-order valence-electron chi connectivity index (χ1n) is 14.0. The summed E-state index contributed by atoms with van der Waals surface area (Å²) in [7, 11) is 0. The highest BCUT2D eigenvalue weighted by Crippen LogP contribution is 2.41. The Bertz CT molecular complexity index is 1900. The van der Waals surface area contributed by atoms with Gasteiger partial charge in [-0.25, -0.2) is 22.5 Å². The number of nitrogen functional groups attached to an aromatic ring is 1. The van der Waals surface area contributed by atoms with Crippen LogP contribution in [-0.4, -0.2) is 52.2 Å². The number of piperazine rings is 1. The number of amides is 1. The molecule has 0 radical (unpaired) electrons. The second kappa shape index (κ2) is 12.0. The van der Waals surface area contributed by atoms with E-state index >= 15 is 8.78 Å².